The fourth-order valence-corrected chi connectivity index (χ4v) is 2.64. The number of furan rings is 1. The molecule has 0 fully saturated rings. The Morgan fingerprint density at radius 2 is 1.80 bits per heavy atom. The summed E-state index contributed by atoms with van der Waals surface area (Å²) in [6.45, 7) is 0. The fourth-order valence-electron chi connectivity index (χ4n) is 1.63. The Morgan fingerprint density at radius 3 is 2.35 bits per heavy atom. The number of hydrogen-bond acceptors (Lipinski definition) is 4. The molecule has 0 aliphatic heterocycles. The van der Waals surface area contributed by atoms with Crippen LogP contribution in [0.25, 0.3) is 0 Å². The number of carbonyl (C=O) groups excluding carboxylic acids is 1. The zero-order valence-electron chi connectivity index (χ0n) is 10.0. The molecule has 0 saturated heterocycles. The van der Waals surface area contributed by atoms with Crippen molar-refractivity contribution in [2.24, 2.45) is 0 Å². The lowest BCUT2D eigenvalue weighted by atomic mass is 10.1. The number of nitro groups is 1. The summed E-state index contributed by atoms with van der Waals surface area (Å²) < 4.78 is 5.09. The molecule has 0 saturated carbocycles. The number of Topliss-reactive ketones (excluding diaryl/α,β-unsaturated/α-hetero) is 1. The van der Waals surface area contributed by atoms with Crippen LogP contribution >= 0.6 is 31.9 Å². The summed E-state index contributed by atoms with van der Waals surface area (Å²) in [7, 11) is 0. The molecule has 0 N–H and O–H groups in total. The Morgan fingerprint density at radius 1 is 1.15 bits per heavy atom. The largest absolute Gasteiger partial charge is 0.433 e. The lowest BCUT2D eigenvalue weighted by molar-refractivity contribution is -0.402. The van der Waals surface area contributed by atoms with Crippen molar-refractivity contribution in [3.63, 3.8) is 0 Å². The van der Waals surface area contributed by atoms with Gasteiger partial charge in [0.1, 0.15) is 10.7 Å². The van der Waals surface area contributed by atoms with Gasteiger partial charge in [0.15, 0.2) is 5.78 Å². The van der Waals surface area contributed by atoms with Crippen LogP contribution in [0.15, 0.2) is 46.9 Å². The molecule has 2 atom stereocenters. The molecule has 104 valence electrons. The Balaban J connectivity index is 2.17. The number of halogens is 2. The van der Waals surface area contributed by atoms with Crippen molar-refractivity contribution in [3.8, 4) is 0 Å². The van der Waals surface area contributed by atoms with Crippen LogP contribution < -0.4 is 0 Å². The summed E-state index contributed by atoms with van der Waals surface area (Å²) in [6, 6.07) is 11.5. The van der Waals surface area contributed by atoms with Gasteiger partial charge in [-0.05, 0) is 6.07 Å². The van der Waals surface area contributed by atoms with Crippen molar-refractivity contribution in [3.05, 3.63) is 63.9 Å². The highest BCUT2D eigenvalue weighted by Gasteiger charge is 2.29. The van der Waals surface area contributed by atoms with Gasteiger partial charge in [-0.3, -0.25) is 14.9 Å². The molecule has 0 spiro atoms. The van der Waals surface area contributed by atoms with Gasteiger partial charge < -0.3 is 4.42 Å². The number of alkyl halides is 2. The van der Waals surface area contributed by atoms with E-state index in [0.717, 1.165) is 0 Å². The van der Waals surface area contributed by atoms with Crippen LogP contribution in [0.3, 0.4) is 0 Å². The van der Waals surface area contributed by atoms with Gasteiger partial charge in [-0.15, -0.1) is 0 Å². The maximum absolute atomic E-state index is 12.2. The van der Waals surface area contributed by atoms with Crippen LogP contribution in [0.5, 0.6) is 0 Å². The Labute approximate surface area is 131 Å². The van der Waals surface area contributed by atoms with Crippen LogP contribution in [-0.2, 0) is 0 Å². The van der Waals surface area contributed by atoms with Crippen LogP contribution in [-0.4, -0.2) is 15.5 Å². The SMILES string of the molecule is O=C(c1ccccc1)C(Br)C(Br)c1ccc([N+](=O)[O-])o1. The van der Waals surface area contributed by atoms with E-state index in [2.05, 4.69) is 31.9 Å². The van der Waals surface area contributed by atoms with Gasteiger partial charge in [-0.1, -0.05) is 62.2 Å². The Bertz CT molecular complexity index is 626. The van der Waals surface area contributed by atoms with Crippen molar-refractivity contribution >= 4 is 43.5 Å². The Hall–Kier alpha value is -1.47. The maximum atomic E-state index is 12.2. The quantitative estimate of drug-likeness (QED) is 0.324. The van der Waals surface area contributed by atoms with E-state index in [1.54, 1.807) is 24.3 Å². The zero-order valence-corrected chi connectivity index (χ0v) is 13.2. The standard InChI is InChI=1S/C13H9Br2NO4/c14-11(9-6-7-10(20-9)16(18)19)12(15)13(17)8-4-2-1-3-5-8/h1-7,11-12H. The van der Waals surface area contributed by atoms with E-state index in [0.29, 0.717) is 11.3 Å². The lowest BCUT2D eigenvalue weighted by Gasteiger charge is -2.13. The molecule has 2 aromatic rings. The molecule has 1 aromatic carbocycles. The van der Waals surface area contributed by atoms with Gasteiger partial charge in [-0.2, -0.15) is 0 Å². The first-order valence-corrected chi connectivity index (χ1v) is 7.45. The average molecular weight is 403 g/mol. The number of rotatable bonds is 5. The third kappa shape index (κ3) is 3.16. The van der Waals surface area contributed by atoms with E-state index in [1.807, 2.05) is 6.07 Å². The molecule has 0 aliphatic rings. The number of nitrogens with zero attached hydrogens (tertiary/aromatic N) is 1. The van der Waals surface area contributed by atoms with Crippen LogP contribution in [0, 0.1) is 10.1 Å². The van der Waals surface area contributed by atoms with Gasteiger partial charge >= 0.3 is 5.88 Å². The Kier molecular flexibility index (Phi) is 4.72. The molecule has 2 unspecified atom stereocenters. The van der Waals surface area contributed by atoms with Crippen LogP contribution in [0.1, 0.15) is 20.9 Å². The van der Waals surface area contributed by atoms with Gasteiger partial charge in [0, 0.05) is 5.56 Å². The molecule has 2 rings (SSSR count). The van der Waals surface area contributed by atoms with Crippen molar-refractivity contribution in [2.45, 2.75) is 9.65 Å². The minimum Gasteiger partial charge on any atom is -0.405 e. The highest BCUT2D eigenvalue weighted by molar-refractivity contribution is 9.12. The van der Waals surface area contributed by atoms with Crippen molar-refractivity contribution in [2.75, 3.05) is 0 Å². The van der Waals surface area contributed by atoms with E-state index < -0.39 is 14.6 Å². The first-order chi connectivity index (χ1) is 9.50. The summed E-state index contributed by atoms with van der Waals surface area (Å²) in [6.07, 6.45) is 0. The van der Waals surface area contributed by atoms with E-state index >= 15 is 0 Å². The molecule has 0 amide bonds. The van der Waals surface area contributed by atoms with Gasteiger partial charge in [0.2, 0.25) is 0 Å². The average Bonchev–Trinajstić information content (AvgIpc) is 2.96. The van der Waals surface area contributed by atoms with E-state index in [1.165, 1.54) is 12.1 Å². The molecule has 0 aliphatic carbocycles. The second-order valence-electron chi connectivity index (χ2n) is 3.97. The predicted molar refractivity (Wildman–Crippen MR) is 80.5 cm³/mol. The molecule has 0 bridgehead atoms. The van der Waals surface area contributed by atoms with E-state index in [9.17, 15) is 14.9 Å². The van der Waals surface area contributed by atoms with Gasteiger partial charge in [0.05, 0.1) is 15.7 Å². The molecular weight excluding hydrogens is 394 g/mol. The smallest absolute Gasteiger partial charge is 0.405 e. The zero-order chi connectivity index (χ0) is 14.7. The molecule has 20 heavy (non-hydrogen) atoms. The normalized spacial score (nSPS) is 13.7. The molecule has 0 radical (unpaired) electrons. The topological polar surface area (TPSA) is 73.3 Å². The number of benzene rings is 1. The number of ketones is 1. The fraction of sp³-hybridized carbons (Fsp3) is 0.154. The third-order valence-electron chi connectivity index (χ3n) is 2.63. The monoisotopic (exact) mass is 401 g/mol. The van der Waals surface area contributed by atoms with Crippen molar-refractivity contribution in [1.29, 1.82) is 0 Å². The summed E-state index contributed by atoms with van der Waals surface area (Å²) in [5.74, 6) is -0.161. The van der Waals surface area contributed by atoms with Gasteiger partial charge in [0.25, 0.3) is 0 Å². The van der Waals surface area contributed by atoms with Gasteiger partial charge in [-0.25, -0.2) is 0 Å². The third-order valence-corrected chi connectivity index (χ3v) is 5.26. The first kappa shape index (κ1) is 14.9. The van der Waals surface area contributed by atoms with Crippen LogP contribution in [0.4, 0.5) is 5.88 Å². The highest BCUT2D eigenvalue weighted by Crippen LogP contribution is 2.35. The van der Waals surface area contributed by atoms with Crippen molar-refractivity contribution in [1.82, 2.24) is 0 Å². The molecule has 1 heterocycles. The summed E-state index contributed by atoms with van der Waals surface area (Å²) in [4.78, 5) is 21.1. The molecule has 7 heteroatoms. The highest BCUT2D eigenvalue weighted by atomic mass is 79.9. The minimum absolute atomic E-state index is 0.133. The van der Waals surface area contributed by atoms with Crippen molar-refractivity contribution < 1.29 is 14.1 Å². The molecule has 5 nitrogen and oxygen atoms in total. The second-order valence-corrected chi connectivity index (χ2v) is 5.94. The summed E-state index contributed by atoms with van der Waals surface area (Å²) in [5, 5.41) is 10.6. The predicted octanol–water partition coefficient (Wildman–Crippen LogP) is 4.27. The lowest BCUT2D eigenvalue weighted by Crippen LogP contribution is -2.18. The summed E-state index contributed by atoms with van der Waals surface area (Å²) in [5.41, 5.74) is 0.555. The molecular formula is C13H9Br2NO4. The molecule has 1 aromatic heterocycles. The number of carbonyl (C=O) groups is 1. The minimum atomic E-state index is -0.620. The number of hydrogen-bond donors (Lipinski definition) is 0. The second kappa shape index (κ2) is 6.32. The van der Waals surface area contributed by atoms with Crippen LogP contribution in [0.2, 0.25) is 0 Å². The van der Waals surface area contributed by atoms with E-state index in [-0.39, 0.29) is 11.7 Å². The summed E-state index contributed by atoms with van der Waals surface area (Å²) >= 11 is 6.63. The van der Waals surface area contributed by atoms with E-state index in [4.69, 9.17) is 4.42 Å². The first-order valence-electron chi connectivity index (χ1n) is 5.62. The maximum Gasteiger partial charge on any atom is 0.433 e.